The molecule has 0 nitrogen and oxygen atoms in total. The predicted octanol–water partition coefficient (Wildman–Crippen LogP) is 14.6. The maximum absolute atomic E-state index is 2.54. The molecule has 0 heteroatoms. The number of hydrogen-bond acceptors (Lipinski definition) is 0. The molecule has 2 aliphatic rings. The number of benzene rings is 11. The minimum absolute atomic E-state index is 0.478. The van der Waals surface area contributed by atoms with Crippen molar-refractivity contribution in [1.29, 1.82) is 0 Å². The van der Waals surface area contributed by atoms with Crippen LogP contribution in [0.1, 0.15) is 22.3 Å². The van der Waals surface area contributed by atoms with E-state index in [4.69, 9.17) is 0 Å². The first-order valence-electron chi connectivity index (χ1n) is 19.3. The monoisotopic (exact) mass is 692 g/mol. The van der Waals surface area contributed by atoms with Gasteiger partial charge in [0.25, 0.3) is 0 Å². The van der Waals surface area contributed by atoms with E-state index >= 15 is 0 Å². The van der Waals surface area contributed by atoms with Gasteiger partial charge in [0.05, 0.1) is 5.41 Å². The van der Waals surface area contributed by atoms with Crippen molar-refractivity contribution in [3.8, 4) is 44.5 Å². The lowest BCUT2D eigenvalue weighted by molar-refractivity contribution is 0.801. The maximum Gasteiger partial charge on any atom is 0.0731 e. The van der Waals surface area contributed by atoms with Gasteiger partial charge in [0.2, 0.25) is 0 Å². The van der Waals surface area contributed by atoms with Crippen molar-refractivity contribution < 1.29 is 0 Å². The molecule has 0 heterocycles. The van der Waals surface area contributed by atoms with E-state index in [1.807, 2.05) is 0 Å². The molecule has 0 saturated carbocycles. The van der Waals surface area contributed by atoms with Crippen LogP contribution in [0, 0.1) is 0 Å². The van der Waals surface area contributed by atoms with Crippen LogP contribution in [0.25, 0.3) is 98.4 Å². The van der Waals surface area contributed by atoms with Crippen LogP contribution in [0.3, 0.4) is 0 Å². The van der Waals surface area contributed by atoms with Gasteiger partial charge in [-0.3, -0.25) is 0 Å². The summed E-state index contributed by atoms with van der Waals surface area (Å²) in [6.45, 7) is 0. The van der Waals surface area contributed by atoms with Gasteiger partial charge >= 0.3 is 0 Å². The average Bonchev–Trinajstić information content (AvgIpc) is 3.72. The van der Waals surface area contributed by atoms with Crippen LogP contribution in [0.15, 0.2) is 194 Å². The van der Waals surface area contributed by atoms with E-state index in [-0.39, 0.29) is 0 Å². The molecule has 1 spiro atoms. The summed E-state index contributed by atoms with van der Waals surface area (Å²) in [4.78, 5) is 0. The Hall–Kier alpha value is -7.02. The molecule has 11 aromatic carbocycles. The molecule has 0 N–H and O–H groups in total. The molecule has 0 saturated heterocycles. The largest absolute Gasteiger partial charge is 0.0731 e. The van der Waals surface area contributed by atoms with Gasteiger partial charge in [-0.2, -0.15) is 0 Å². The summed E-state index contributed by atoms with van der Waals surface area (Å²) in [5, 5.41) is 13.1. The minimum Gasteiger partial charge on any atom is -0.0619 e. The fraction of sp³-hybridized carbons (Fsp3) is 0.0182. The molecule has 0 aliphatic heterocycles. The van der Waals surface area contributed by atoms with Crippen molar-refractivity contribution >= 4 is 53.9 Å². The van der Waals surface area contributed by atoms with Crippen LogP contribution < -0.4 is 0 Å². The third-order valence-electron chi connectivity index (χ3n) is 13.0. The van der Waals surface area contributed by atoms with Gasteiger partial charge < -0.3 is 0 Å². The smallest absolute Gasteiger partial charge is 0.0619 e. The maximum atomic E-state index is 2.54. The van der Waals surface area contributed by atoms with E-state index in [9.17, 15) is 0 Å². The second-order valence-electron chi connectivity index (χ2n) is 15.5. The lowest BCUT2D eigenvalue weighted by atomic mass is 9.69. The Morgan fingerprint density at radius 3 is 1.58 bits per heavy atom. The van der Waals surface area contributed by atoms with Gasteiger partial charge in [0, 0.05) is 0 Å². The SMILES string of the molecule is c1ccc2c(c1)-c1ccccc1C21c2cc(-c3ccc4ccc5cccc6ccc3c4c56)ccc2-c2ccc3c(-c4cccc5ccccc45)cccc3c21. The molecule has 0 amide bonds. The fourth-order valence-electron chi connectivity index (χ4n) is 10.9. The second-order valence-corrected chi connectivity index (χ2v) is 15.5. The molecule has 0 fully saturated rings. The quantitative estimate of drug-likeness (QED) is 0.158. The Balaban J connectivity index is 1.14. The Bertz CT molecular complexity index is 3370. The van der Waals surface area contributed by atoms with Crippen LogP contribution in [0.2, 0.25) is 0 Å². The van der Waals surface area contributed by atoms with Gasteiger partial charge in [-0.1, -0.05) is 188 Å². The highest BCUT2D eigenvalue weighted by Crippen LogP contribution is 2.64. The molecule has 11 aromatic rings. The molecular weight excluding hydrogens is 661 g/mol. The Morgan fingerprint density at radius 2 is 0.764 bits per heavy atom. The van der Waals surface area contributed by atoms with E-state index in [0.29, 0.717) is 0 Å². The lowest BCUT2D eigenvalue weighted by Crippen LogP contribution is -2.26. The highest BCUT2D eigenvalue weighted by atomic mass is 14.5. The molecule has 0 aromatic heterocycles. The van der Waals surface area contributed by atoms with Crippen molar-refractivity contribution in [2.45, 2.75) is 5.41 Å². The molecule has 13 rings (SSSR count). The third kappa shape index (κ3) is 3.67. The summed E-state index contributed by atoms with van der Waals surface area (Å²) in [6.07, 6.45) is 0. The van der Waals surface area contributed by atoms with E-state index in [1.54, 1.807) is 0 Å². The minimum atomic E-state index is -0.478. The van der Waals surface area contributed by atoms with E-state index in [1.165, 1.54) is 121 Å². The zero-order valence-electron chi connectivity index (χ0n) is 30.0. The first kappa shape index (κ1) is 29.4. The predicted molar refractivity (Wildman–Crippen MR) is 232 cm³/mol. The van der Waals surface area contributed by atoms with Gasteiger partial charge in [-0.15, -0.1) is 0 Å². The lowest BCUT2D eigenvalue weighted by Gasteiger charge is -2.32. The van der Waals surface area contributed by atoms with E-state index in [2.05, 4.69) is 194 Å². The molecule has 0 atom stereocenters. The van der Waals surface area contributed by atoms with Gasteiger partial charge in [-0.25, -0.2) is 0 Å². The number of rotatable bonds is 2. The van der Waals surface area contributed by atoms with Crippen molar-refractivity contribution in [3.05, 3.63) is 216 Å². The van der Waals surface area contributed by atoms with E-state index in [0.717, 1.165) is 0 Å². The Kier molecular flexibility index (Phi) is 5.65. The first-order valence-corrected chi connectivity index (χ1v) is 19.3. The molecule has 0 unspecified atom stereocenters. The summed E-state index contributed by atoms with van der Waals surface area (Å²) in [5.74, 6) is 0. The van der Waals surface area contributed by atoms with Crippen LogP contribution in [-0.2, 0) is 5.41 Å². The summed E-state index contributed by atoms with van der Waals surface area (Å²) < 4.78 is 0. The Labute approximate surface area is 318 Å². The second kappa shape index (κ2) is 10.6. The average molecular weight is 693 g/mol. The molecule has 55 heavy (non-hydrogen) atoms. The van der Waals surface area contributed by atoms with Crippen LogP contribution in [0.5, 0.6) is 0 Å². The standard InChI is InChI=1S/C55H32/c1-2-14-38-33(10-1)11-8-17-40(38)41-18-9-19-47-42(41)30-31-48-45-28-26-37(39-27-24-36-23-22-34-12-7-13-35-25-29-46(39)53(36)52(34)35)32-51(45)55(54(47)48)49-20-5-3-15-43(49)44-16-4-6-21-50(44)55/h1-32H. The summed E-state index contributed by atoms with van der Waals surface area (Å²) >= 11 is 0. The summed E-state index contributed by atoms with van der Waals surface area (Å²) in [5.41, 5.74) is 15.4. The van der Waals surface area contributed by atoms with Crippen molar-refractivity contribution in [2.75, 3.05) is 0 Å². The Morgan fingerprint density at radius 1 is 0.255 bits per heavy atom. The molecule has 252 valence electrons. The molecule has 0 radical (unpaired) electrons. The van der Waals surface area contributed by atoms with Crippen molar-refractivity contribution in [2.24, 2.45) is 0 Å². The van der Waals surface area contributed by atoms with Crippen molar-refractivity contribution in [1.82, 2.24) is 0 Å². The summed E-state index contributed by atoms with van der Waals surface area (Å²) in [7, 11) is 0. The van der Waals surface area contributed by atoms with E-state index < -0.39 is 5.41 Å². The van der Waals surface area contributed by atoms with Gasteiger partial charge in [0.15, 0.2) is 0 Å². The summed E-state index contributed by atoms with van der Waals surface area (Å²) in [6, 6.07) is 73.5. The molecular formula is C55H32. The van der Waals surface area contributed by atoms with Crippen molar-refractivity contribution in [3.63, 3.8) is 0 Å². The molecule has 0 bridgehead atoms. The highest BCUT2D eigenvalue weighted by Gasteiger charge is 2.52. The normalized spacial score (nSPS) is 13.6. The zero-order valence-corrected chi connectivity index (χ0v) is 30.0. The van der Waals surface area contributed by atoms with Crippen LogP contribution in [0.4, 0.5) is 0 Å². The van der Waals surface area contributed by atoms with Gasteiger partial charge in [-0.05, 0) is 127 Å². The number of hydrogen-bond donors (Lipinski definition) is 0. The number of fused-ring (bicyclic) bond motifs is 13. The van der Waals surface area contributed by atoms with Crippen LogP contribution >= 0.6 is 0 Å². The third-order valence-corrected chi connectivity index (χ3v) is 13.0. The first-order chi connectivity index (χ1) is 27.3. The highest BCUT2D eigenvalue weighted by molar-refractivity contribution is 6.25. The fourth-order valence-corrected chi connectivity index (χ4v) is 10.9. The zero-order chi connectivity index (χ0) is 35.8. The van der Waals surface area contributed by atoms with Gasteiger partial charge in [0.1, 0.15) is 0 Å². The topological polar surface area (TPSA) is 0 Å². The molecule has 2 aliphatic carbocycles. The van der Waals surface area contributed by atoms with Crippen LogP contribution in [-0.4, -0.2) is 0 Å².